The standard InChI is InChI=1S/C11H11Cl2N3S/c1-11(2,3)6-4-7(12)16-9(15-6)10-14-5-8(13)17-10/h4-5H,1-3H3. The highest BCUT2D eigenvalue weighted by Gasteiger charge is 2.19. The van der Waals surface area contributed by atoms with Gasteiger partial charge >= 0.3 is 0 Å². The first kappa shape index (κ1) is 12.7. The van der Waals surface area contributed by atoms with Crippen molar-refractivity contribution < 1.29 is 0 Å². The summed E-state index contributed by atoms with van der Waals surface area (Å²) in [6, 6.07) is 1.78. The van der Waals surface area contributed by atoms with Crippen molar-refractivity contribution in [2.45, 2.75) is 26.2 Å². The van der Waals surface area contributed by atoms with Crippen LogP contribution in [0.15, 0.2) is 12.3 Å². The second-order valence-corrected chi connectivity index (χ2v) is 6.67. The van der Waals surface area contributed by atoms with Gasteiger partial charge in [-0.2, -0.15) is 0 Å². The lowest BCUT2D eigenvalue weighted by Crippen LogP contribution is -2.14. The Morgan fingerprint density at radius 3 is 2.41 bits per heavy atom. The van der Waals surface area contributed by atoms with Crippen LogP contribution in [0.4, 0.5) is 0 Å². The Morgan fingerprint density at radius 1 is 1.18 bits per heavy atom. The highest BCUT2D eigenvalue weighted by atomic mass is 35.5. The maximum atomic E-state index is 6.01. The second kappa shape index (κ2) is 4.52. The molecule has 0 saturated heterocycles. The molecule has 0 unspecified atom stereocenters. The predicted octanol–water partition coefficient (Wildman–Crippen LogP) is 4.20. The molecule has 0 saturated carbocycles. The molecule has 0 N–H and O–H groups in total. The lowest BCUT2D eigenvalue weighted by atomic mass is 9.92. The third-order valence-corrected chi connectivity index (χ3v) is 3.44. The van der Waals surface area contributed by atoms with Crippen molar-refractivity contribution >= 4 is 34.5 Å². The van der Waals surface area contributed by atoms with Gasteiger partial charge in [-0.3, -0.25) is 0 Å². The van der Waals surface area contributed by atoms with E-state index in [9.17, 15) is 0 Å². The van der Waals surface area contributed by atoms with E-state index in [2.05, 4.69) is 35.7 Å². The second-order valence-electron chi connectivity index (χ2n) is 4.62. The molecule has 2 aromatic heterocycles. The van der Waals surface area contributed by atoms with Gasteiger partial charge in [0, 0.05) is 5.41 Å². The molecule has 90 valence electrons. The van der Waals surface area contributed by atoms with Gasteiger partial charge < -0.3 is 0 Å². The molecule has 0 spiro atoms. The largest absolute Gasteiger partial charge is 0.240 e. The summed E-state index contributed by atoms with van der Waals surface area (Å²) in [4.78, 5) is 12.8. The smallest absolute Gasteiger partial charge is 0.190 e. The Kier molecular flexibility index (Phi) is 3.39. The molecule has 0 amide bonds. The van der Waals surface area contributed by atoms with Crippen molar-refractivity contribution in [3.63, 3.8) is 0 Å². The molecule has 0 aromatic carbocycles. The molecule has 0 aliphatic heterocycles. The fourth-order valence-corrected chi connectivity index (χ4v) is 2.28. The lowest BCUT2D eigenvalue weighted by molar-refractivity contribution is 0.568. The zero-order valence-electron chi connectivity index (χ0n) is 9.66. The molecule has 0 fully saturated rings. The van der Waals surface area contributed by atoms with Gasteiger partial charge in [0.05, 0.1) is 11.9 Å². The zero-order valence-corrected chi connectivity index (χ0v) is 12.0. The van der Waals surface area contributed by atoms with E-state index in [-0.39, 0.29) is 5.41 Å². The van der Waals surface area contributed by atoms with E-state index in [1.54, 1.807) is 12.3 Å². The van der Waals surface area contributed by atoms with Crippen LogP contribution in [0, 0.1) is 0 Å². The van der Waals surface area contributed by atoms with Crippen molar-refractivity contribution in [3.8, 4) is 10.8 Å². The highest BCUT2D eigenvalue weighted by Crippen LogP contribution is 2.29. The van der Waals surface area contributed by atoms with E-state index < -0.39 is 0 Å². The van der Waals surface area contributed by atoms with Gasteiger partial charge in [-0.05, 0) is 6.07 Å². The minimum atomic E-state index is -0.0810. The van der Waals surface area contributed by atoms with E-state index >= 15 is 0 Å². The lowest BCUT2D eigenvalue weighted by Gasteiger charge is -2.17. The summed E-state index contributed by atoms with van der Waals surface area (Å²) in [6.45, 7) is 6.22. The van der Waals surface area contributed by atoms with Crippen molar-refractivity contribution in [1.82, 2.24) is 15.0 Å². The fourth-order valence-electron chi connectivity index (χ4n) is 1.26. The molecule has 2 heterocycles. The van der Waals surface area contributed by atoms with Crippen molar-refractivity contribution in [1.29, 1.82) is 0 Å². The maximum absolute atomic E-state index is 6.01. The fraction of sp³-hybridized carbons (Fsp3) is 0.364. The Morgan fingerprint density at radius 2 is 1.88 bits per heavy atom. The van der Waals surface area contributed by atoms with Crippen molar-refractivity contribution in [2.24, 2.45) is 0 Å². The molecule has 2 rings (SSSR count). The Balaban J connectivity index is 2.52. The summed E-state index contributed by atoms with van der Waals surface area (Å²) in [5, 5.41) is 1.11. The third kappa shape index (κ3) is 2.94. The van der Waals surface area contributed by atoms with Crippen LogP contribution in [0.1, 0.15) is 26.5 Å². The van der Waals surface area contributed by atoms with Gasteiger partial charge in [-0.25, -0.2) is 15.0 Å². The number of halogens is 2. The van der Waals surface area contributed by atoms with Crippen molar-refractivity contribution in [3.05, 3.63) is 27.4 Å². The van der Waals surface area contributed by atoms with Gasteiger partial charge in [0.2, 0.25) is 0 Å². The SMILES string of the molecule is CC(C)(C)c1cc(Cl)nc(-c2ncc(Cl)s2)n1. The number of thiazole rings is 1. The highest BCUT2D eigenvalue weighted by molar-refractivity contribution is 7.18. The quantitative estimate of drug-likeness (QED) is 0.738. The topological polar surface area (TPSA) is 38.7 Å². The van der Waals surface area contributed by atoms with Gasteiger partial charge in [0.25, 0.3) is 0 Å². The number of aromatic nitrogens is 3. The number of hydrogen-bond acceptors (Lipinski definition) is 4. The number of rotatable bonds is 1. The summed E-state index contributed by atoms with van der Waals surface area (Å²) in [5.41, 5.74) is 0.807. The number of nitrogens with zero attached hydrogens (tertiary/aromatic N) is 3. The minimum absolute atomic E-state index is 0.0810. The molecule has 3 nitrogen and oxygen atoms in total. The van der Waals surface area contributed by atoms with Crippen LogP contribution in [0.25, 0.3) is 10.8 Å². The van der Waals surface area contributed by atoms with Gasteiger partial charge in [0.1, 0.15) is 9.49 Å². The van der Waals surface area contributed by atoms with E-state index in [0.29, 0.717) is 20.3 Å². The van der Waals surface area contributed by atoms with Crippen molar-refractivity contribution in [2.75, 3.05) is 0 Å². The Bertz CT molecular complexity index is 546. The van der Waals surface area contributed by atoms with Gasteiger partial charge in [0.15, 0.2) is 10.8 Å². The molecule has 0 radical (unpaired) electrons. The van der Waals surface area contributed by atoms with E-state index in [1.807, 2.05) is 0 Å². The first-order valence-corrected chi connectivity index (χ1v) is 6.60. The third-order valence-electron chi connectivity index (χ3n) is 2.13. The summed E-state index contributed by atoms with van der Waals surface area (Å²) >= 11 is 13.2. The zero-order chi connectivity index (χ0) is 12.6. The molecule has 0 aliphatic carbocycles. The molecule has 6 heteroatoms. The molecular weight excluding hydrogens is 277 g/mol. The van der Waals surface area contributed by atoms with Gasteiger partial charge in [-0.15, -0.1) is 0 Å². The van der Waals surface area contributed by atoms with Crippen LogP contribution >= 0.6 is 34.5 Å². The Hall–Kier alpha value is -0.710. The predicted molar refractivity (Wildman–Crippen MR) is 71.9 cm³/mol. The summed E-state index contributed by atoms with van der Waals surface area (Å²) in [5.74, 6) is 0.527. The van der Waals surface area contributed by atoms with E-state index in [0.717, 1.165) is 5.69 Å². The van der Waals surface area contributed by atoms with Crippen LogP contribution in [-0.2, 0) is 5.41 Å². The molecule has 2 aromatic rings. The average Bonchev–Trinajstić information content (AvgIpc) is 2.62. The van der Waals surface area contributed by atoms with Gasteiger partial charge in [-0.1, -0.05) is 55.3 Å². The van der Waals surface area contributed by atoms with Crippen LogP contribution in [0.2, 0.25) is 9.49 Å². The van der Waals surface area contributed by atoms with Crippen LogP contribution < -0.4 is 0 Å². The maximum Gasteiger partial charge on any atom is 0.190 e. The monoisotopic (exact) mass is 287 g/mol. The molecule has 0 aliphatic rings. The normalized spacial score (nSPS) is 11.8. The van der Waals surface area contributed by atoms with E-state index in [4.69, 9.17) is 23.2 Å². The molecular formula is C11H11Cl2N3S. The first-order chi connectivity index (χ1) is 7.86. The van der Waals surface area contributed by atoms with Crippen LogP contribution in [0.5, 0.6) is 0 Å². The van der Waals surface area contributed by atoms with Crippen LogP contribution in [-0.4, -0.2) is 15.0 Å². The first-order valence-electron chi connectivity index (χ1n) is 5.03. The van der Waals surface area contributed by atoms with E-state index in [1.165, 1.54) is 11.3 Å². The average molecular weight is 288 g/mol. The summed E-state index contributed by atoms with van der Waals surface area (Å²) in [6.07, 6.45) is 1.59. The minimum Gasteiger partial charge on any atom is -0.240 e. The molecule has 0 atom stereocenters. The summed E-state index contributed by atoms with van der Waals surface area (Å²) in [7, 11) is 0. The Labute approximate surface area is 114 Å². The molecule has 17 heavy (non-hydrogen) atoms. The molecule has 0 bridgehead atoms. The number of hydrogen-bond donors (Lipinski definition) is 0. The summed E-state index contributed by atoms with van der Waals surface area (Å²) < 4.78 is 0.612. The van der Waals surface area contributed by atoms with Crippen LogP contribution in [0.3, 0.4) is 0 Å².